The molecule has 0 aliphatic carbocycles. The molecular formula is C83H60N8OS. The molecule has 0 unspecified atom stereocenters. The first kappa shape index (κ1) is 57.0. The van der Waals surface area contributed by atoms with Crippen molar-refractivity contribution in [1.82, 2.24) is 29.5 Å². The third-order valence-corrected chi connectivity index (χ3v) is 16.2. The van der Waals surface area contributed by atoms with Crippen LogP contribution in [0.1, 0.15) is 26.6 Å². The smallest absolute Gasteiger partial charge is 0.227 e. The number of benzene rings is 10. The number of nitriles is 2. The second-order valence-electron chi connectivity index (χ2n) is 21.2. The molecule has 0 bridgehead atoms. The molecule has 10 aromatic carbocycles. The Morgan fingerprint density at radius 1 is 0.376 bits per heavy atom. The van der Waals surface area contributed by atoms with Gasteiger partial charge in [-0.3, -0.25) is 14.5 Å². The number of aromatic nitrogens is 6. The summed E-state index contributed by atoms with van der Waals surface area (Å²) in [4.78, 5) is 23.1. The van der Waals surface area contributed by atoms with E-state index in [0.29, 0.717) is 22.5 Å². The fraction of sp³-hybridized carbons (Fsp3) is 0.0241. The van der Waals surface area contributed by atoms with Gasteiger partial charge in [0.05, 0.1) is 57.3 Å². The van der Waals surface area contributed by atoms with E-state index in [1.807, 2.05) is 152 Å². The minimum Gasteiger partial charge on any atom is -0.438 e. The SMILES string of the molecule is N#Cc1ccc(-c2ccccc2)cc1.N#Cc1ccccc1.[2H]C([2H])([2H])c1nccnc1C.c1ccc(-c2ccc3c(n2)oc2ccccc23)cc1.c1ccc(-c2ccc3c(n2)sc2ccccc23)cc1.c1ccc(-c2ccc3c4ccccc4n(-c4ccccc4)c3n2)cc1. The first-order valence-corrected chi connectivity index (χ1v) is 30.9. The molecule has 0 amide bonds. The molecule has 0 aliphatic rings. The van der Waals surface area contributed by atoms with E-state index in [1.165, 1.54) is 55.3 Å². The summed E-state index contributed by atoms with van der Waals surface area (Å²) in [6.45, 7) is -0.507. The molecule has 444 valence electrons. The molecular weight excluding hydrogens is 1160 g/mol. The lowest BCUT2D eigenvalue weighted by Gasteiger charge is -2.07. The zero-order valence-corrected chi connectivity index (χ0v) is 51.4. The molecule has 17 aromatic rings. The molecule has 0 N–H and O–H groups in total. The highest BCUT2D eigenvalue weighted by Crippen LogP contribution is 2.36. The van der Waals surface area contributed by atoms with Crippen molar-refractivity contribution in [2.75, 3.05) is 0 Å². The van der Waals surface area contributed by atoms with Crippen molar-refractivity contribution < 1.29 is 8.53 Å². The van der Waals surface area contributed by atoms with Gasteiger partial charge in [-0.15, -0.1) is 11.3 Å². The predicted octanol–water partition coefficient (Wildman–Crippen LogP) is 21.5. The van der Waals surface area contributed by atoms with Crippen molar-refractivity contribution in [2.45, 2.75) is 13.8 Å². The van der Waals surface area contributed by atoms with Crippen LogP contribution in [-0.2, 0) is 0 Å². The van der Waals surface area contributed by atoms with Gasteiger partial charge in [-0.2, -0.15) is 10.5 Å². The number of nitrogens with zero attached hydrogens (tertiary/aromatic N) is 8. The van der Waals surface area contributed by atoms with Crippen LogP contribution >= 0.6 is 11.3 Å². The molecule has 7 heterocycles. The largest absolute Gasteiger partial charge is 0.438 e. The van der Waals surface area contributed by atoms with Crippen molar-refractivity contribution in [3.05, 3.63) is 350 Å². The van der Waals surface area contributed by atoms with Gasteiger partial charge < -0.3 is 4.42 Å². The number of rotatable bonds is 5. The summed E-state index contributed by atoms with van der Waals surface area (Å²) in [5.74, 6) is 0. The summed E-state index contributed by atoms with van der Waals surface area (Å²) < 4.78 is 30.5. The van der Waals surface area contributed by atoms with Crippen molar-refractivity contribution >= 4 is 75.6 Å². The molecule has 93 heavy (non-hydrogen) atoms. The zero-order valence-electron chi connectivity index (χ0n) is 53.6. The lowest BCUT2D eigenvalue weighted by molar-refractivity contribution is 0.654. The highest BCUT2D eigenvalue weighted by atomic mass is 32.1. The average Bonchev–Trinajstić information content (AvgIpc) is 1.62. The fourth-order valence-electron chi connectivity index (χ4n) is 10.5. The van der Waals surface area contributed by atoms with Crippen molar-refractivity contribution in [3.8, 4) is 62.7 Å². The molecule has 10 heteroatoms. The van der Waals surface area contributed by atoms with Crippen LogP contribution < -0.4 is 0 Å². The number of furan rings is 1. The molecule has 0 spiro atoms. The second-order valence-corrected chi connectivity index (χ2v) is 22.2. The molecule has 17 rings (SSSR count). The van der Waals surface area contributed by atoms with Gasteiger partial charge in [-0.1, -0.05) is 224 Å². The summed E-state index contributed by atoms with van der Waals surface area (Å²) >= 11 is 1.76. The van der Waals surface area contributed by atoms with Crippen LogP contribution in [-0.4, -0.2) is 29.5 Å². The van der Waals surface area contributed by atoms with Gasteiger partial charge >= 0.3 is 0 Å². The van der Waals surface area contributed by atoms with E-state index in [0.717, 1.165) is 66.3 Å². The van der Waals surface area contributed by atoms with E-state index >= 15 is 0 Å². The van der Waals surface area contributed by atoms with Crippen molar-refractivity contribution in [3.63, 3.8) is 0 Å². The Hall–Kier alpha value is -12.5. The van der Waals surface area contributed by atoms with Crippen LogP contribution in [0.2, 0.25) is 0 Å². The van der Waals surface area contributed by atoms with E-state index in [9.17, 15) is 0 Å². The molecule has 0 atom stereocenters. The van der Waals surface area contributed by atoms with E-state index in [1.54, 1.807) is 30.4 Å². The van der Waals surface area contributed by atoms with Gasteiger partial charge in [-0.25, -0.2) is 15.0 Å². The maximum absolute atomic E-state index is 8.65. The monoisotopic (exact) mass is 1220 g/mol. The van der Waals surface area contributed by atoms with Crippen LogP contribution in [0.4, 0.5) is 0 Å². The quantitative estimate of drug-likeness (QED) is 0.167. The topological polar surface area (TPSA) is 130 Å². The minimum absolute atomic E-state index is 0.0833. The molecule has 0 saturated carbocycles. The first-order chi connectivity index (χ1) is 47.1. The average molecular weight is 1220 g/mol. The van der Waals surface area contributed by atoms with Crippen LogP contribution in [0.3, 0.4) is 0 Å². The van der Waals surface area contributed by atoms with Crippen LogP contribution in [0.5, 0.6) is 0 Å². The van der Waals surface area contributed by atoms with E-state index in [-0.39, 0.29) is 5.69 Å². The predicted molar refractivity (Wildman–Crippen MR) is 383 cm³/mol. The first-order valence-electron chi connectivity index (χ1n) is 31.6. The summed E-state index contributed by atoms with van der Waals surface area (Å²) in [5, 5.41) is 24.1. The van der Waals surface area contributed by atoms with Gasteiger partial charge in [0.2, 0.25) is 5.71 Å². The zero-order chi connectivity index (χ0) is 66.1. The number of aryl methyl sites for hydroxylation is 2. The highest BCUT2D eigenvalue weighted by Gasteiger charge is 2.15. The van der Waals surface area contributed by atoms with Gasteiger partial charge in [0.25, 0.3) is 0 Å². The highest BCUT2D eigenvalue weighted by molar-refractivity contribution is 7.25. The Morgan fingerprint density at radius 2 is 0.828 bits per heavy atom. The maximum atomic E-state index is 8.65. The number of para-hydroxylation sites is 3. The van der Waals surface area contributed by atoms with Gasteiger partial charge in [-0.05, 0) is 116 Å². The summed E-state index contributed by atoms with van der Waals surface area (Å²) in [7, 11) is 0. The van der Waals surface area contributed by atoms with Gasteiger partial charge in [0, 0.05) is 75.9 Å². The molecule has 7 aromatic heterocycles. The third kappa shape index (κ3) is 14.7. The van der Waals surface area contributed by atoms with Crippen molar-refractivity contribution in [2.24, 2.45) is 0 Å². The molecule has 9 nitrogen and oxygen atoms in total. The number of pyridine rings is 3. The number of fused-ring (bicyclic) bond motifs is 9. The third-order valence-electron chi connectivity index (χ3n) is 15.1. The Labute approximate surface area is 548 Å². The van der Waals surface area contributed by atoms with Crippen LogP contribution in [0, 0.1) is 36.4 Å². The van der Waals surface area contributed by atoms with E-state index in [4.69, 9.17) is 29.0 Å². The Bertz CT molecular complexity index is 5340. The normalized spacial score (nSPS) is 11.1. The number of hydrogen-bond donors (Lipinski definition) is 0. The van der Waals surface area contributed by atoms with E-state index in [2.05, 4.69) is 183 Å². The number of thiophene rings is 1. The number of hydrogen-bond acceptors (Lipinski definition) is 9. The summed E-state index contributed by atoms with van der Waals surface area (Å²) in [6, 6.07) is 110. The fourth-order valence-corrected chi connectivity index (χ4v) is 11.6. The maximum Gasteiger partial charge on any atom is 0.227 e. The second kappa shape index (κ2) is 29.7. The lowest BCUT2D eigenvalue weighted by Crippen LogP contribution is -1.95. The molecule has 0 fully saturated rings. The van der Waals surface area contributed by atoms with Gasteiger partial charge in [0.15, 0.2) is 0 Å². The molecule has 0 saturated heterocycles. The van der Waals surface area contributed by atoms with Crippen molar-refractivity contribution in [1.29, 1.82) is 10.5 Å². The van der Waals surface area contributed by atoms with Crippen LogP contribution in [0.25, 0.3) is 115 Å². The lowest BCUT2D eigenvalue weighted by atomic mass is 10.0. The minimum atomic E-state index is -2.14. The molecule has 0 aliphatic heterocycles. The Morgan fingerprint density at radius 3 is 1.40 bits per heavy atom. The standard InChI is InChI=1S/C23H16N2.C17H11NO.C17H11NS.C13H9N.C7H5N.C6H8N2/c1-3-9-17(10-4-1)21-16-15-20-19-13-7-8-14-22(19)25(23(20)24-21)18-11-5-2-6-12-18;2*1-2-6-12(7-3-1)15-11-10-14-13-8-4-5-9-16(13)19-17(14)18-15;14-10-11-6-8-13(9-7-11)12-4-2-1-3-5-12;8-6-7-4-2-1-3-5-7;1-5-6(2)8-4-3-7-5/h1-16H;2*1-11H;1-9H;1-5H;3-4H,1-2H3/i;;;;;1D3. The van der Waals surface area contributed by atoms with Gasteiger partial charge in [0.1, 0.15) is 16.1 Å². The van der Waals surface area contributed by atoms with Crippen LogP contribution in [0.15, 0.2) is 332 Å². The summed E-state index contributed by atoms with van der Waals surface area (Å²) in [5.41, 5.74) is 15.5. The Balaban J connectivity index is 0.000000114. The molecule has 0 radical (unpaired) electrons. The van der Waals surface area contributed by atoms with E-state index < -0.39 is 6.85 Å². The summed E-state index contributed by atoms with van der Waals surface area (Å²) in [6.07, 6.45) is 2.86. The Kier molecular flexibility index (Phi) is 18.2.